The molecule has 0 fully saturated rings. The average molecular weight is 446 g/mol. The van der Waals surface area contributed by atoms with Gasteiger partial charge in [0.05, 0.1) is 18.2 Å². The minimum atomic E-state index is -4.08. The minimum absolute atomic E-state index is 0.0562. The van der Waals surface area contributed by atoms with Crippen LogP contribution >= 0.6 is 0 Å². The Morgan fingerprint density at radius 2 is 1.13 bits per heavy atom. The van der Waals surface area contributed by atoms with Crippen LogP contribution in [-0.4, -0.2) is 29.3 Å². The van der Waals surface area contributed by atoms with Crippen LogP contribution in [0.25, 0.3) is 0 Å². The summed E-state index contributed by atoms with van der Waals surface area (Å²) >= 11 is 0. The van der Waals surface area contributed by atoms with E-state index in [4.69, 9.17) is 9.47 Å². The van der Waals surface area contributed by atoms with Crippen LogP contribution in [0.15, 0.2) is 78.9 Å². The minimum Gasteiger partial charge on any atom is -0.440 e. The maximum atomic E-state index is 12.1. The molecule has 156 valence electrons. The van der Waals surface area contributed by atoms with Gasteiger partial charge < -0.3 is 9.47 Å². The van der Waals surface area contributed by atoms with Crippen LogP contribution < -0.4 is 13.2 Å². The predicted molar refractivity (Wildman–Crippen MR) is 114 cm³/mol. The van der Waals surface area contributed by atoms with E-state index >= 15 is 0 Å². The Labute approximate surface area is 175 Å². The van der Waals surface area contributed by atoms with E-state index in [1.165, 1.54) is 18.2 Å². The van der Waals surface area contributed by atoms with E-state index in [0.717, 1.165) is 23.6 Å². The second-order valence-electron chi connectivity index (χ2n) is 6.91. The molecule has 7 nitrogen and oxygen atoms in total. The molecule has 0 saturated carbocycles. The fourth-order valence-electron chi connectivity index (χ4n) is 3.45. The van der Waals surface area contributed by atoms with Crippen molar-refractivity contribution >= 4 is 25.7 Å². The molecule has 1 heterocycles. The monoisotopic (exact) mass is 445 g/mol. The molecule has 0 unspecified atom stereocenters. The molecular formula is C21H19NO6S2. The number of anilines is 1. The molecule has 0 N–H and O–H groups in total. The first-order chi connectivity index (χ1) is 14.1. The van der Waals surface area contributed by atoms with Gasteiger partial charge >= 0.3 is 5.79 Å². The number of ether oxygens (including phenoxy) is 2. The first-order valence-corrected chi connectivity index (χ1v) is 12.6. The first kappa shape index (κ1) is 20.2. The van der Waals surface area contributed by atoms with Gasteiger partial charge in [0.15, 0.2) is 11.5 Å². The molecule has 0 aliphatic carbocycles. The van der Waals surface area contributed by atoms with Crippen LogP contribution in [0.5, 0.6) is 11.5 Å². The quantitative estimate of drug-likeness (QED) is 0.600. The Kier molecular flexibility index (Phi) is 4.74. The zero-order valence-corrected chi connectivity index (χ0v) is 17.9. The summed E-state index contributed by atoms with van der Waals surface area (Å²) in [4.78, 5) is 0. The molecule has 3 aromatic carbocycles. The van der Waals surface area contributed by atoms with E-state index < -0.39 is 25.8 Å². The molecule has 1 aliphatic heterocycles. The zero-order chi connectivity index (χ0) is 21.6. The lowest BCUT2D eigenvalue weighted by atomic mass is 9.97. The van der Waals surface area contributed by atoms with Crippen LogP contribution in [-0.2, 0) is 25.8 Å². The predicted octanol–water partition coefficient (Wildman–Crippen LogP) is 3.08. The lowest BCUT2D eigenvalue weighted by molar-refractivity contribution is -0.0458. The van der Waals surface area contributed by atoms with Crippen LogP contribution in [0, 0.1) is 0 Å². The molecule has 0 bridgehead atoms. The van der Waals surface area contributed by atoms with Gasteiger partial charge in [-0.15, -0.1) is 0 Å². The van der Waals surface area contributed by atoms with E-state index in [2.05, 4.69) is 0 Å². The van der Waals surface area contributed by atoms with Gasteiger partial charge in [-0.1, -0.05) is 60.7 Å². The number of nitrogens with zero attached hydrogens (tertiary/aromatic N) is 1. The summed E-state index contributed by atoms with van der Waals surface area (Å²) in [6.45, 7) is 0. The number of hydrogen-bond acceptors (Lipinski definition) is 6. The topological polar surface area (TPSA) is 90.0 Å². The van der Waals surface area contributed by atoms with E-state index in [-0.39, 0.29) is 11.4 Å². The van der Waals surface area contributed by atoms with Crippen molar-refractivity contribution in [2.75, 3.05) is 16.2 Å². The van der Waals surface area contributed by atoms with Crippen molar-refractivity contribution in [1.29, 1.82) is 0 Å². The maximum Gasteiger partial charge on any atom is 0.305 e. The van der Waals surface area contributed by atoms with Crippen LogP contribution in [0.2, 0.25) is 0 Å². The van der Waals surface area contributed by atoms with Crippen molar-refractivity contribution in [1.82, 2.24) is 0 Å². The van der Waals surface area contributed by atoms with Crippen molar-refractivity contribution in [3.05, 3.63) is 90.0 Å². The average Bonchev–Trinajstić information content (AvgIpc) is 3.07. The smallest absolute Gasteiger partial charge is 0.305 e. The summed E-state index contributed by atoms with van der Waals surface area (Å²) < 4.78 is 61.3. The fraction of sp³-hybridized carbons (Fsp3) is 0.143. The molecule has 0 amide bonds. The lowest BCUT2D eigenvalue weighted by Gasteiger charge is -2.28. The molecule has 3 aromatic rings. The number of hydrogen-bond donors (Lipinski definition) is 0. The third-order valence-corrected chi connectivity index (χ3v) is 7.81. The summed E-state index contributed by atoms with van der Waals surface area (Å²) in [6, 6.07) is 22.8. The summed E-state index contributed by atoms with van der Waals surface area (Å²) in [6.07, 6.45) is 1.66. The van der Waals surface area contributed by atoms with Crippen molar-refractivity contribution in [3.63, 3.8) is 0 Å². The number of fused-ring (bicyclic) bond motifs is 1. The SMILES string of the molecule is CS(=O)(=O)N(c1ccc2c(c1)OC(c1ccccc1)(c1ccccc1)O2)S(C)(=O)=O. The van der Waals surface area contributed by atoms with Crippen molar-refractivity contribution in [3.8, 4) is 11.5 Å². The fourth-order valence-corrected chi connectivity index (χ4v) is 6.41. The lowest BCUT2D eigenvalue weighted by Crippen LogP contribution is -2.36. The highest BCUT2D eigenvalue weighted by atomic mass is 32.3. The zero-order valence-electron chi connectivity index (χ0n) is 16.2. The number of benzene rings is 3. The summed E-state index contributed by atoms with van der Waals surface area (Å²) in [5, 5.41) is 0. The summed E-state index contributed by atoms with van der Waals surface area (Å²) in [5.74, 6) is -0.685. The largest absolute Gasteiger partial charge is 0.440 e. The van der Waals surface area contributed by atoms with E-state index in [9.17, 15) is 16.8 Å². The van der Waals surface area contributed by atoms with Gasteiger partial charge in [0.25, 0.3) is 0 Å². The standard InChI is InChI=1S/C21H19NO6S2/c1-29(23,24)22(30(2,25)26)18-13-14-19-20(15-18)28-21(27-19,16-9-5-3-6-10-16)17-11-7-4-8-12-17/h3-15H,1-2H3. The van der Waals surface area contributed by atoms with Gasteiger partial charge in [-0.25, -0.2) is 16.8 Å². The van der Waals surface area contributed by atoms with Crippen molar-refractivity contribution in [2.24, 2.45) is 0 Å². The second-order valence-corrected chi connectivity index (χ2v) is 10.8. The number of sulfonamides is 2. The number of rotatable bonds is 5. The van der Waals surface area contributed by atoms with Crippen molar-refractivity contribution < 1.29 is 26.3 Å². The second kappa shape index (κ2) is 7.03. The van der Waals surface area contributed by atoms with Crippen LogP contribution in [0.1, 0.15) is 11.1 Å². The molecule has 0 atom stereocenters. The highest BCUT2D eigenvalue weighted by molar-refractivity contribution is 8.09. The van der Waals surface area contributed by atoms with Gasteiger partial charge in [-0.05, 0) is 12.1 Å². The Bertz CT molecular complexity index is 1220. The molecule has 4 rings (SSSR count). The van der Waals surface area contributed by atoms with E-state index in [1.807, 2.05) is 60.7 Å². The highest BCUT2D eigenvalue weighted by Gasteiger charge is 2.45. The molecule has 0 radical (unpaired) electrons. The van der Waals surface area contributed by atoms with Gasteiger partial charge in [0, 0.05) is 17.2 Å². The molecule has 30 heavy (non-hydrogen) atoms. The maximum absolute atomic E-state index is 12.1. The summed E-state index contributed by atoms with van der Waals surface area (Å²) in [7, 11) is -8.15. The Hall–Kier alpha value is -3.04. The summed E-state index contributed by atoms with van der Waals surface area (Å²) in [5.41, 5.74) is 1.41. The Morgan fingerprint density at radius 1 is 0.667 bits per heavy atom. The Balaban J connectivity index is 1.85. The van der Waals surface area contributed by atoms with Crippen LogP contribution in [0.3, 0.4) is 0 Å². The highest BCUT2D eigenvalue weighted by Crippen LogP contribution is 2.49. The van der Waals surface area contributed by atoms with Gasteiger partial charge in [-0.3, -0.25) is 0 Å². The normalized spacial score (nSPS) is 15.0. The van der Waals surface area contributed by atoms with Gasteiger partial charge in [0.1, 0.15) is 0 Å². The molecule has 0 spiro atoms. The van der Waals surface area contributed by atoms with Gasteiger partial charge in [-0.2, -0.15) is 3.71 Å². The van der Waals surface area contributed by atoms with Crippen LogP contribution in [0.4, 0.5) is 5.69 Å². The molecule has 0 aromatic heterocycles. The van der Waals surface area contributed by atoms with Gasteiger partial charge in [0.2, 0.25) is 20.0 Å². The molecule has 9 heteroatoms. The third kappa shape index (κ3) is 3.50. The van der Waals surface area contributed by atoms with E-state index in [1.54, 1.807) is 0 Å². The molecular weight excluding hydrogens is 426 g/mol. The Morgan fingerprint density at radius 3 is 1.60 bits per heavy atom. The van der Waals surface area contributed by atoms with Crippen molar-refractivity contribution in [2.45, 2.75) is 5.79 Å². The third-order valence-electron chi connectivity index (χ3n) is 4.56. The first-order valence-electron chi connectivity index (χ1n) is 8.95. The van der Waals surface area contributed by atoms with E-state index in [0.29, 0.717) is 9.46 Å². The molecule has 1 aliphatic rings. The molecule has 0 saturated heterocycles.